The van der Waals surface area contributed by atoms with Crippen LogP contribution in [0.1, 0.15) is 44.0 Å². The van der Waals surface area contributed by atoms with Crippen molar-refractivity contribution in [1.82, 2.24) is 19.7 Å². The van der Waals surface area contributed by atoms with Gasteiger partial charge in [-0.3, -0.25) is 9.36 Å². The monoisotopic (exact) mass is 404 g/mol. The highest BCUT2D eigenvalue weighted by Crippen LogP contribution is 2.24. The molecule has 1 aromatic carbocycles. The molecule has 1 amide bonds. The van der Waals surface area contributed by atoms with Crippen molar-refractivity contribution in [2.24, 2.45) is 5.92 Å². The highest BCUT2D eigenvalue weighted by atomic mass is 16.1. The number of rotatable bonds is 5. The molecule has 1 atom stereocenters. The van der Waals surface area contributed by atoms with Gasteiger partial charge in [0, 0.05) is 31.2 Å². The maximum absolute atomic E-state index is 12.8. The molecule has 7 heteroatoms. The zero-order valence-electron chi connectivity index (χ0n) is 17.7. The van der Waals surface area contributed by atoms with Gasteiger partial charge in [-0.1, -0.05) is 26.0 Å². The first-order valence-electron chi connectivity index (χ1n) is 10.5. The Morgan fingerprint density at radius 3 is 2.47 bits per heavy atom. The maximum atomic E-state index is 12.8. The minimum atomic E-state index is -0.0686. The number of nitrogens with zero attached hydrogens (tertiary/aromatic N) is 5. The van der Waals surface area contributed by atoms with E-state index in [1.807, 2.05) is 42.0 Å². The first-order valence-corrected chi connectivity index (χ1v) is 10.5. The summed E-state index contributed by atoms with van der Waals surface area (Å²) in [6, 6.07) is 12.0. The van der Waals surface area contributed by atoms with Crippen molar-refractivity contribution in [3.05, 3.63) is 60.2 Å². The van der Waals surface area contributed by atoms with Crippen molar-refractivity contribution in [2.75, 3.05) is 23.3 Å². The fourth-order valence-electron chi connectivity index (χ4n) is 3.83. The number of aromatic nitrogens is 4. The van der Waals surface area contributed by atoms with E-state index in [4.69, 9.17) is 0 Å². The van der Waals surface area contributed by atoms with E-state index in [0.29, 0.717) is 12.5 Å². The number of imidazole rings is 1. The second-order valence-corrected chi connectivity index (χ2v) is 8.15. The lowest BCUT2D eigenvalue weighted by molar-refractivity contribution is -0.120. The first kappa shape index (κ1) is 20.1. The van der Waals surface area contributed by atoms with Crippen molar-refractivity contribution in [1.29, 1.82) is 0 Å². The SMILES string of the molecule is Cc1nccn1-c1ccc(N2CCCC(C(=O)Nc3ccc(C(C)C)cc3)C2)nn1. The van der Waals surface area contributed by atoms with Crippen LogP contribution in [0.5, 0.6) is 0 Å². The number of piperidine rings is 1. The molecule has 1 saturated heterocycles. The zero-order chi connectivity index (χ0) is 21.1. The molecule has 7 nitrogen and oxygen atoms in total. The second-order valence-electron chi connectivity index (χ2n) is 8.15. The van der Waals surface area contributed by atoms with Gasteiger partial charge in [0.2, 0.25) is 5.91 Å². The summed E-state index contributed by atoms with van der Waals surface area (Å²) in [7, 11) is 0. The van der Waals surface area contributed by atoms with E-state index in [1.165, 1.54) is 5.56 Å². The highest BCUT2D eigenvalue weighted by Gasteiger charge is 2.27. The van der Waals surface area contributed by atoms with Crippen LogP contribution in [0, 0.1) is 12.8 Å². The molecular weight excluding hydrogens is 376 g/mol. The van der Waals surface area contributed by atoms with Crippen molar-refractivity contribution in [3.8, 4) is 5.82 Å². The van der Waals surface area contributed by atoms with Gasteiger partial charge >= 0.3 is 0 Å². The molecule has 1 unspecified atom stereocenters. The van der Waals surface area contributed by atoms with E-state index in [1.54, 1.807) is 6.20 Å². The smallest absolute Gasteiger partial charge is 0.229 e. The molecule has 156 valence electrons. The Bertz CT molecular complexity index is 993. The lowest BCUT2D eigenvalue weighted by atomic mass is 9.97. The van der Waals surface area contributed by atoms with Crippen molar-refractivity contribution in [2.45, 2.75) is 39.5 Å². The quantitative estimate of drug-likeness (QED) is 0.697. The standard InChI is InChI=1S/C23H28N6O/c1-16(2)18-6-8-20(9-7-18)25-23(30)19-5-4-13-28(15-19)21-10-11-22(27-26-21)29-14-12-24-17(29)3/h6-12,14,16,19H,4-5,13,15H2,1-3H3,(H,25,30). The number of nitrogens with one attached hydrogen (secondary N) is 1. The summed E-state index contributed by atoms with van der Waals surface area (Å²) >= 11 is 0. The third-order valence-electron chi connectivity index (χ3n) is 5.67. The van der Waals surface area contributed by atoms with E-state index in [9.17, 15) is 4.79 Å². The molecule has 3 heterocycles. The summed E-state index contributed by atoms with van der Waals surface area (Å²) in [5.74, 6) is 2.89. The van der Waals surface area contributed by atoms with E-state index < -0.39 is 0 Å². The summed E-state index contributed by atoms with van der Waals surface area (Å²) in [5, 5.41) is 11.8. The van der Waals surface area contributed by atoms with Gasteiger partial charge in [-0.25, -0.2) is 4.98 Å². The van der Waals surface area contributed by atoms with Crippen molar-refractivity contribution in [3.63, 3.8) is 0 Å². The van der Waals surface area contributed by atoms with E-state index >= 15 is 0 Å². The fraction of sp³-hybridized carbons (Fsp3) is 0.391. The van der Waals surface area contributed by atoms with E-state index in [-0.39, 0.29) is 11.8 Å². The van der Waals surface area contributed by atoms with Gasteiger partial charge in [-0.05, 0) is 55.5 Å². The second kappa shape index (κ2) is 8.65. The molecule has 30 heavy (non-hydrogen) atoms. The number of hydrogen-bond donors (Lipinski definition) is 1. The lowest BCUT2D eigenvalue weighted by Gasteiger charge is -2.32. The molecule has 0 spiro atoms. The minimum absolute atomic E-state index is 0.0654. The first-order chi connectivity index (χ1) is 14.5. The van der Waals surface area contributed by atoms with Crippen molar-refractivity contribution < 1.29 is 4.79 Å². The van der Waals surface area contributed by atoms with Crippen molar-refractivity contribution >= 4 is 17.4 Å². The number of hydrogen-bond acceptors (Lipinski definition) is 5. The zero-order valence-corrected chi connectivity index (χ0v) is 17.7. The molecule has 1 fully saturated rings. The van der Waals surface area contributed by atoms with Gasteiger partial charge < -0.3 is 10.2 Å². The topological polar surface area (TPSA) is 75.9 Å². The Kier molecular flexibility index (Phi) is 5.79. The predicted octanol–water partition coefficient (Wildman–Crippen LogP) is 3.95. The van der Waals surface area contributed by atoms with Crippen LogP contribution in [0.3, 0.4) is 0 Å². The van der Waals surface area contributed by atoms with Crippen LogP contribution in [-0.4, -0.2) is 38.7 Å². The summed E-state index contributed by atoms with van der Waals surface area (Å²) in [6.45, 7) is 7.78. The van der Waals surface area contributed by atoms with Crippen LogP contribution < -0.4 is 10.2 Å². The van der Waals surface area contributed by atoms with Gasteiger partial charge in [-0.15, -0.1) is 10.2 Å². The van der Waals surface area contributed by atoms with Gasteiger partial charge in [0.1, 0.15) is 5.82 Å². The predicted molar refractivity (Wildman–Crippen MR) is 118 cm³/mol. The summed E-state index contributed by atoms with van der Waals surface area (Å²) in [4.78, 5) is 19.2. The molecule has 1 aliphatic rings. The van der Waals surface area contributed by atoms with E-state index in [0.717, 1.165) is 42.5 Å². The van der Waals surface area contributed by atoms with Crippen LogP contribution in [0.2, 0.25) is 0 Å². The Balaban J connectivity index is 1.40. The van der Waals surface area contributed by atoms with E-state index in [2.05, 4.69) is 51.4 Å². The summed E-state index contributed by atoms with van der Waals surface area (Å²) < 4.78 is 1.90. The Morgan fingerprint density at radius 2 is 1.83 bits per heavy atom. The fourth-order valence-corrected chi connectivity index (χ4v) is 3.83. The molecular formula is C23H28N6O. The molecule has 0 bridgehead atoms. The molecule has 0 radical (unpaired) electrons. The Labute approximate surface area is 177 Å². The maximum Gasteiger partial charge on any atom is 0.229 e. The number of aryl methyl sites for hydroxylation is 1. The Hall–Kier alpha value is -3.22. The normalized spacial score (nSPS) is 16.7. The van der Waals surface area contributed by atoms with Gasteiger partial charge in [0.25, 0.3) is 0 Å². The third kappa shape index (κ3) is 4.35. The number of carbonyl (C=O) groups excluding carboxylic acids is 1. The van der Waals surface area contributed by atoms with Gasteiger partial charge in [-0.2, -0.15) is 0 Å². The molecule has 1 aliphatic heterocycles. The van der Waals surface area contributed by atoms with Gasteiger partial charge in [0.05, 0.1) is 5.92 Å². The van der Waals surface area contributed by atoms with Crippen LogP contribution >= 0.6 is 0 Å². The largest absolute Gasteiger partial charge is 0.354 e. The minimum Gasteiger partial charge on any atom is -0.354 e. The molecule has 0 saturated carbocycles. The van der Waals surface area contributed by atoms with Crippen LogP contribution in [-0.2, 0) is 4.79 Å². The summed E-state index contributed by atoms with van der Waals surface area (Å²) in [5.41, 5.74) is 2.12. The number of benzene rings is 1. The van der Waals surface area contributed by atoms with Crippen LogP contribution in [0.25, 0.3) is 5.82 Å². The molecule has 2 aromatic heterocycles. The summed E-state index contributed by atoms with van der Waals surface area (Å²) in [6.07, 6.45) is 5.45. The lowest BCUT2D eigenvalue weighted by Crippen LogP contribution is -2.41. The molecule has 0 aliphatic carbocycles. The average molecular weight is 405 g/mol. The molecule has 3 aromatic rings. The number of carbonyl (C=O) groups is 1. The Morgan fingerprint density at radius 1 is 1.10 bits per heavy atom. The number of amides is 1. The third-order valence-corrected chi connectivity index (χ3v) is 5.67. The van der Waals surface area contributed by atoms with Crippen LogP contribution in [0.4, 0.5) is 11.5 Å². The molecule has 4 rings (SSSR count). The molecule has 1 N–H and O–H groups in total. The van der Waals surface area contributed by atoms with Crippen LogP contribution in [0.15, 0.2) is 48.8 Å². The van der Waals surface area contributed by atoms with Gasteiger partial charge in [0.15, 0.2) is 11.6 Å². The number of anilines is 2. The highest BCUT2D eigenvalue weighted by molar-refractivity contribution is 5.93. The average Bonchev–Trinajstić information content (AvgIpc) is 3.20.